The number of fused-ring (bicyclic) bond motifs is 4. The molecular weight excluding hydrogens is 316 g/mol. The highest BCUT2D eigenvalue weighted by molar-refractivity contribution is 6.07. The molecule has 1 amide bonds. The molecule has 0 aliphatic rings. The minimum atomic E-state index is -0.296. The molecule has 0 saturated carbocycles. The van der Waals surface area contributed by atoms with E-state index in [4.69, 9.17) is 5.73 Å². The van der Waals surface area contributed by atoms with Gasteiger partial charge in [-0.05, 0) is 23.6 Å². The summed E-state index contributed by atoms with van der Waals surface area (Å²) in [5, 5.41) is 5.13. The Morgan fingerprint density at radius 3 is 2.76 bits per heavy atom. The van der Waals surface area contributed by atoms with Gasteiger partial charge < -0.3 is 11.1 Å². The van der Waals surface area contributed by atoms with Crippen LogP contribution >= 0.6 is 0 Å². The number of hydrogen-bond acceptors (Lipinski definition) is 4. The van der Waals surface area contributed by atoms with E-state index in [1.165, 1.54) is 4.40 Å². The van der Waals surface area contributed by atoms with Gasteiger partial charge in [-0.25, -0.2) is 4.98 Å². The van der Waals surface area contributed by atoms with Crippen molar-refractivity contribution in [2.45, 2.75) is 0 Å². The lowest BCUT2D eigenvalue weighted by molar-refractivity contribution is 0.0956. The van der Waals surface area contributed by atoms with Crippen LogP contribution in [-0.4, -0.2) is 28.4 Å². The van der Waals surface area contributed by atoms with E-state index in [1.807, 2.05) is 30.3 Å². The summed E-state index contributed by atoms with van der Waals surface area (Å²) in [6, 6.07) is 14.8. The molecule has 0 bridgehead atoms. The average molecular weight is 332 g/mol. The Kier molecular flexibility index (Phi) is 3.66. The molecule has 4 aromatic rings. The molecule has 0 spiro atoms. The zero-order valence-electron chi connectivity index (χ0n) is 13.4. The van der Waals surface area contributed by atoms with Crippen molar-refractivity contribution in [3.8, 4) is 0 Å². The van der Waals surface area contributed by atoms with Gasteiger partial charge >= 0.3 is 0 Å². The molecule has 4 rings (SSSR count). The Balaban J connectivity index is 2.09. The van der Waals surface area contributed by atoms with Gasteiger partial charge in [0.15, 0.2) is 5.65 Å². The van der Waals surface area contributed by atoms with Crippen molar-refractivity contribution in [1.82, 2.24) is 14.7 Å². The summed E-state index contributed by atoms with van der Waals surface area (Å²) < 4.78 is 1.41. The summed E-state index contributed by atoms with van der Waals surface area (Å²) in [6.45, 7) is 0.706. The second kappa shape index (κ2) is 5.99. The molecule has 0 fully saturated rings. The lowest BCUT2D eigenvalue weighted by Gasteiger charge is -2.10. The number of pyridine rings is 1. The predicted molar refractivity (Wildman–Crippen MR) is 97.9 cm³/mol. The molecule has 2 aromatic carbocycles. The number of hydrogen-bond donors (Lipinski definition) is 2. The van der Waals surface area contributed by atoms with Crippen molar-refractivity contribution in [1.29, 1.82) is 0 Å². The van der Waals surface area contributed by atoms with Crippen LogP contribution in [0.5, 0.6) is 0 Å². The van der Waals surface area contributed by atoms with Crippen LogP contribution < -0.4 is 16.6 Å². The van der Waals surface area contributed by atoms with E-state index in [0.29, 0.717) is 35.2 Å². The molecule has 0 saturated heterocycles. The van der Waals surface area contributed by atoms with Gasteiger partial charge in [0.1, 0.15) is 0 Å². The Morgan fingerprint density at radius 1 is 1.08 bits per heavy atom. The second-order valence-electron chi connectivity index (χ2n) is 5.76. The predicted octanol–water partition coefficient (Wildman–Crippen LogP) is 1.69. The van der Waals surface area contributed by atoms with Gasteiger partial charge in [-0.15, -0.1) is 0 Å². The number of aromatic nitrogens is 2. The first-order valence-electron chi connectivity index (χ1n) is 8.02. The van der Waals surface area contributed by atoms with E-state index in [0.717, 1.165) is 10.8 Å². The van der Waals surface area contributed by atoms with E-state index in [-0.39, 0.29) is 11.5 Å². The number of nitrogens with two attached hydrogens (primary N) is 1. The zero-order chi connectivity index (χ0) is 17.4. The molecule has 0 aliphatic heterocycles. The first-order valence-corrected chi connectivity index (χ1v) is 8.02. The number of carbonyl (C=O) groups excluding carboxylic acids is 1. The highest BCUT2D eigenvalue weighted by Crippen LogP contribution is 2.22. The van der Waals surface area contributed by atoms with Crippen molar-refractivity contribution < 1.29 is 4.79 Å². The van der Waals surface area contributed by atoms with Crippen LogP contribution in [0.2, 0.25) is 0 Å². The van der Waals surface area contributed by atoms with Crippen molar-refractivity contribution in [2.24, 2.45) is 5.73 Å². The molecular formula is C19H16N4O2. The molecule has 0 unspecified atom stereocenters. The zero-order valence-corrected chi connectivity index (χ0v) is 13.4. The van der Waals surface area contributed by atoms with Crippen LogP contribution in [0, 0.1) is 0 Å². The standard InChI is InChI=1S/C19H16N4O2/c20-9-10-21-18(24)15-6-3-11-23-17(15)22-16-13-5-2-1-4-12(13)7-8-14(16)19(23)25/h1-8,11H,9-10,20H2,(H,21,24). The molecule has 2 aromatic heterocycles. The molecule has 2 heterocycles. The molecule has 124 valence electrons. The van der Waals surface area contributed by atoms with Crippen molar-refractivity contribution in [3.05, 3.63) is 70.6 Å². The fourth-order valence-corrected chi connectivity index (χ4v) is 3.02. The third kappa shape index (κ3) is 2.43. The van der Waals surface area contributed by atoms with Gasteiger partial charge in [0.2, 0.25) is 0 Å². The van der Waals surface area contributed by atoms with E-state index >= 15 is 0 Å². The topological polar surface area (TPSA) is 89.5 Å². The third-order valence-corrected chi connectivity index (χ3v) is 4.21. The Labute approximate surface area is 142 Å². The lowest BCUT2D eigenvalue weighted by atomic mass is 10.1. The Hall–Kier alpha value is -3.25. The fraction of sp³-hybridized carbons (Fsp3) is 0.105. The normalized spacial score (nSPS) is 11.2. The van der Waals surface area contributed by atoms with Gasteiger partial charge in [-0.3, -0.25) is 14.0 Å². The Morgan fingerprint density at radius 2 is 1.92 bits per heavy atom. The molecule has 6 heteroatoms. The summed E-state index contributed by atoms with van der Waals surface area (Å²) in [4.78, 5) is 30.0. The summed E-state index contributed by atoms with van der Waals surface area (Å²) in [7, 11) is 0. The molecule has 6 nitrogen and oxygen atoms in total. The molecule has 25 heavy (non-hydrogen) atoms. The largest absolute Gasteiger partial charge is 0.351 e. The van der Waals surface area contributed by atoms with E-state index < -0.39 is 0 Å². The van der Waals surface area contributed by atoms with Crippen LogP contribution in [-0.2, 0) is 0 Å². The third-order valence-electron chi connectivity index (χ3n) is 4.21. The summed E-state index contributed by atoms with van der Waals surface area (Å²) >= 11 is 0. The summed E-state index contributed by atoms with van der Waals surface area (Å²) in [5.41, 5.74) is 6.54. The quantitative estimate of drug-likeness (QED) is 0.441. The molecule has 3 N–H and O–H groups in total. The number of nitrogens with zero attached hydrogens (tertiary/aromatic N) is 2. The van der Waals surface area contributed by atoms with Gasteiger partial charge in [-0.1, -0.05) is 30.3 Å². The maximum Gasteiger partial charge on any atom is 0.265 e. The van der Waals surface area contributed by atoms with E-state index in [2.05, 4.69) is 10.3 Å². The number of carbonyl (C=O) groups is 1. The summed E-state index contributed by atoms with van der Waals surface area (Å²) in [5.74, 6) is -0.296. The smallest absolute Gasteiger partial charge is 0.265 e. The van der Waals surface area contributed by atoms with Gasteiger partial charge in [0.05, 0.1) is 16.5 Å². The van der Waals surface area contributed by atoms with Crippen LogP contribution in [0.3, 0.4) is 0 Å². The highest BCUT2D eigenvalue weighted by Gasteiger charge is 2.15. The SMILES string of the molecule is NCCNC(=O)c1cccn2c(=O)c3ccc4ccccc4c3nc12. The number of amides is 1. The molecule has 0 radical (unpaired) electrons. The van der Waals surface area contributed by atoms with Crippen molar-refractivity contribution in [3.63, 3.8) is 0 Å². The fourth-order valence-electron chi connectivity index (χ4n) is 3.02. The van der Waals surface area contributed by atoms with Crippen LogP contribution in [0.15, 0.2) is 59.5 Å². The lowest BCUT2D eigenvalue weighted by Crippen LogP contribution is -2.30. The van der Waals surface area contributed by atoms with E-state index in [1.54, 1.807) is 24.4 Å². The monoisotopic (exact) mass is 332 g/mol. The number of nitrogens with one attached hydrogen (secondary N) is 1. The first-order chi connectivity index (χ1) is 12.2. The van der Waals surface area contributed by atoms with E-state index in [9.17, 15) is 9.59 Å². The molecule has 0 aliphatic carbocycles. The minimum absolute atomic E-state index is 0.195. The Bertz CT molecular complexity index is 1180. The van der Waals surface area contributed by atoms with Crippen molar-refractivity contribution >= 4 is 33.2 Å². The second-order valence-corrected chi connectivity index (χ2v) is 5.76. The van der Waals surface area contributed by atoms with Crippen molar-refractivity contribution in [2.75, 3.05) is 13.1 Å². The number of benzene rings is 2. The van der Waals surface area contributed by atoms with Gasteiger partial charge in [0.25, 0.3) is 11.5 Å². The van der Waals surface area contributed by atoms with Gasteiger partial charge in [-0.2, -0.15) is 0 Å². The van der Waals surface area contributed by atoms with Gasteiger partial charge in [0, 0.05) is 24.7 Å². The average Bonchev–Trinajstić information content (AvgIpc) is 2.66. The maximum atomic E-state index is 12.9. The van der Waals surface area contributed by atoms with Crippen LogP contribution in [0.4, 0.5) is 0 Å². The maximum absolute atomic E-state index is 12.9. The number of rotatable bonds is 3. The first kappa shape index (κ1) is 15.3. The molecule has 0 atom stereocenters. The van der Waals surface area contributed by atoms with Crippen LogP contribution in [0.1, 0.15) is 10.4 Å². The minimum Gasteiger partial charge on any atom is -0.351 e. The highest BCUT2D eigenvalue weighted by atomic mass is 16.1. The summed E-state index contributed by atoms with van der Waals surface area (Å²) in [6.07, 6.45) is 1.62. The van der Waals surface area contributed by atoms with Crippen LogP contribution in [0.25, 0.3) is 27.3 Å².